The van der Waals surface area contributed by atoms with Crippen LogP contribution in [0.25, 0.3) is 0 Å². The van der Waals surface area contributed by atoms with Crippen molar-refractivity contribution in [1.29, 1.82) is 0 Å². The molecule has 1 aromatic carbocycles. The number of thioether (sulfide) groups is 1. The van der Waals surface area contributed by atoms with Crippen LogP contribution in [0.3, 0.4) is 0 Å². The van der Waals surface area contributed by atoms with E-state index in [1.165, 1.54) is 81.9 Å². The summed E-state index contributed by atoms with van der Waals surface area (Å²) in [6.45, 7) is 5.29. The number of hydrogen-bond donors (Lipinski definition) is 1. The average Bonchev–Trinajstić information content (AvgIpc) is 2.77. The lowest BCUT2D eigenvalue weighted by Crippen LogP contribution is -2.24. The minimum atomic E-state index is -2.50. The number of ether oxygens (including phenoxy) is 1. The van der Waals surface area contributed by atoms with E-state index in [0.29, 0.717) is 18.3 Å². The quantitative estimate of drug-likeness (QED) is 0.147. The van der Waals surface area contributed by atoms with Gasteiger partial charge in [-0.2, -0.15) is 11.8 Å². The van der Waals surface area contributed by atoms with Gasteiger partial charge in [-0.25, -0.2) is 0 Å². The number of unbranched alkanes of at least 4 members (excludes halogenated alkanes) is 7. The maximum atomic E-state index is 10.6. The molecule has 0 aliphatic carbocycles. The molecule has 0 amide bonds. The Morgan fingerprint density at radius 3 is 2.39 bits per heavy atom. The first kappa shape index (κ1) is 28.6. The van der Waals surface area contributed by atoms with Gasteiger partial charge in [-0.15, -0.1) is 9.42 Å². The van der Waals surface area contributed by atoms with Gasteiger partial charge in [0.15, 0.2) is 0 Å². The lowest BCUT2D eigenvalue weighted by molar-refractivity contribution is 0.0543. The van der Waals surface area contributed by atoms with Crippen LogP contribution >= 0.6 is 20.0 Å². The normalized spacial score (nSPS) is 13.8. The van der Waals surface area contributed by atoms with Crippen LogP contribution in [0.4, 0.5) is 0 Å². The first-order valence-electron chi connectivity index (χ1n) is 12.2. The molecule has 0 aliphatic rings. The summed E-state index contributed by atoms with van der Waals surface area (Å²) in [5.74, 6) is 1.20. The first-order chi connectivity index (χ1) is 15.1. The van der Waals surface area contributed by atoms with Crippen LogP contribution < -0.4 is 0 Å². The molecule has 1 rings (SSSR count). The summed E-state index contributed by atoms with van der Waals surface area (Å²) >= 11 is 2.07. The van der Waals surface area contributed by atoms with E-state index in [1.54, 1.807) is 0 Å². The summed E-state index contributed by atoms with van der Waals surface area (Å²) in [5.41, 5.74) is 1.45. The second-order valence-electron chi connectivity index (χ2n) is 8.26. The molecule has 0 aromatic heterocycles. The van der Waals surface area contributed by atoms with E-state index in [2.05, 4.69) is 55.9 Å². The van der Waals surface area contributed by atoms with Crippen molar-refractivity contribution >= 4 is 20.0 Å². The van der Waals surface area contributed by atoms with Crippen molar-refractivity contribution in [3.63, 3.8) is 0 Å². The molecule has 0 radical (unpaired) electrons. The Hall–Kier alpha value is -0.450. The third-order valence-electron chi connectivity index (χ3n) is 5.52. The SMILES string of the molecule is CCCCCCCC(SCCCCCCc1ccccc1)C(C)OCCCO[P+](=O)O. The number of hydrogen-bond acceptors (Lipinski definition) is 4. The predicted molar refractivity (Wildman–Crippen MR) is 134 cm³/mol. The molecule has 0 bridgehead atoms. The zero-order valence-corrected chi connectivity index (χ0v) is 21.4. The Morgan fingerprint density at radius 1 is 0.935 bits per heavy atom. The molecule has 31 heavy (non-hydrogen) atoms. The Bertz CT molecular complexity index is 544. The highest BCUT2D eigenvalue weighted by molar-refractivity contribution is 7.99. The van der Waals surface area contributed by atoms with Gasteiger partial charge in [-0.05, 0) is 50.3 Å². The van der Waals surface area contributed by atoms with Gasteiger partial charge in [0.25, 0.3) is 0 Å². The minimum Gasteiger partial charge on any atom is -0.377 e. The van der Waals surface area contributed by atoms with E-state index < -0.39 is 8.25 Å². The second kappa shape index (κ2) is 20.2. The van der Waals surface area contributed by atoms with E-state index >= 15 is 0 Å². The average molecular weight is 472 g/mol. The van der Waals surface area contributed by atoms with Crippen LogP contribution in [-0.2, 0) is 20.2 Å². The monoisotopic (exact) mass is 471 g/mol. The van der Waals surface area contributed by atoms with Gasteiger partial charge < -0.3 is 4.74 Å². The van der Waals surface area contributed by atoms with Gasteiger partial charge in [0, 0.05) is 16.4 Å². The molecule has 0 spiro atoms. The molecule has 3 atom stereocenters. The third kappa shape index (κ3) is 16.8. The van der Waals surface area contributed by atoms with E-state index in [-0.39, 0.29) is 12.7 Å². The standard InChI is InChI=1S/C25H43O4PS/c1-3-4-5-6-13-19-25(23(2)28-20-15-21-29-30(26)27)31-22-14-8-7-10-16-24-17-11-9-12-18-24/h9,11-12,17-18,23,25H,3-8,10,13-16,19-22H2,1-2H3/p+1. The van der Waals surface area contributed by atoms with Crippen LogP contribution in [0.5, 0.6) is 0 Å². The van der Waals surface area contributed by atoms with Crippen LogP contribution in [0, 0.1) is 0 Å². The van der Waals surface area contributed by atoms with Crippen molar-refractivity contribution in [1.82, 2.24) is 0 Å². The van der Waals surface area contributed by atoms with Crippen LogP contribution in [0.2, 0.25) is 0 Å². The largest absolute Gasteiger partial charge is 0.694 e. The zero-order chi connectivity index (χ0) is 22.6. The van der Waals surface area contributed by atoms with Gasteiger partial charge in [-0.1, -0.05) is 82.2 Å². The summed E-state index contributed by atoms with van der Waals surface area (Å²) in [4.78, 5) is 8.68. The van der Waals surface area contributed by atoms with Crippen molar-refractivity contribution in [2.45, 2.75) is 102 Å². The number of benzene rings is 1. The van der Waals surface area contributed by atoms with E-state index in [9.17, 15) is 4.57 Å². The molecule has 1 N–H and O–H groups in total. The number of rotatable bonds is 21. The fraction of sp³-hybridized carbons (Fsp3) is 0.760. The molecular formula is C25H44O4PS+. The smallest absolute Gasteiger partial charge is 0.377 e. The second-order valence-corrected chi connectivity index (χ2v) is 10.3. The molecule has 0 aliphatic heterocycles. The lowest BCUT2D eigenvalue weighted by Gasteiger charge is -2.24. The molecule has 6 heteroatoms. The van der Waals surface area contributed by atoms with Crippen LogP contribution in [0.15, 0.2) is 30.3 Å². The summed E-state index contributed by atoms with van der Waals surface area (Å²) in [6, 6.07) is 10.8. The fourth-order valence-corrected chi connectivity index (χ4v) is 5.29. The van der Waals surface area contributed by atoms with Gasteiger partial charge in [0.2, 0.25) is 0 Å². The highest BCUT2D eigenvalue weighted by Crippen LogP contribution is 2.25. The van der Waals surface area contributed by atoms with Gasteiger partial charge in [0.1, 0.15) is 6.61 Å². The molecule has 0 saturated carbocycles. The van der Waals surface area contributed by atoms with Crippen LogP contribution in [0.1, 0.15) is 90.0 Å². The molecule has 178 valence electrons. The fourth-order valence-electron chi connectivity index (χ4n) is 3.64. The highest BCUT2D eigenvalue weighted by atomic mass is 32.2. The van der Waals surface area contributed by atoms with E-state index in [0.717, 1.165) is 0 Å². The summed E-state index contributed by atoms with van der Waals surface area (Å²) in [7, 11) is -2.50. The topological polar surface area (TPSA) is 55.8 Å². The number of aryl methyl sites for hydroxylation is 1. The van der Waals surface area contributed by atoms with Gasteiger partial charge >= 0.3 is 8.25 Å². The molecule has 0 fully saturated rings. The lowest BCUT2D eigenvalue weighted by atomic mass is 10.1. The summed E-state index contributed by atoms with van der Waals surface area (Å²) in [6.07, 6.45) is 14.9. The summed E-state index contributed by atoms with van der Waals surface area (Å²) in [5, 5.41) is 0.529. The minimum absolute atomic E-state index is 0.206. The Kier molecular flexibility index (Phi) is 18.6. The van der Waals surface area contributed by atoms with Crippen molar-refractivity contribution in [2.75, 3.05) is 19.0 Å². The maximum absolute atomic E-state index is 10.6. The van der Waals surface area contributed by atoms with Crippen molar-refractivity contribution < 1.29 is 18.7 Å². The van der Waals surface area contributed by atoms with Gasteiger partial charge in [-0.3, -0.25) is 0 Å². The first-order valence-corrected chi connectivity index (χ1v) is 14.4. The molecular weight excluding hydrogens is 427 g/mol. The van der Waals surface area contributed by atoms with E-state index in [4.69, 9.17) is 14.2 Å². The van der Waals surface area contributed by atoms with Crippen molar-refractivity contribution in [2.24, 2.45) is 0 Å². The molecule has 0 heterocycles. The summed E-state index contributed by atoms with van der Waals surface area (Å²) < 4.78 is 21.3. The van der Waals surface area contributed by atoms with Crippen molar-refractivity contribution in [3.05, 3.63) is 35.9 Å². The molecule has 3 unspecified atom stereocenters. The third-order valence-corrected chi connectivity index (χ3v) is 7.50. The Morgan fingerprint density at radius 2 is 1.65 bits per heavy atom. The van der Waals surface area contributed by atoms with Crippen LogP contribution in [-0.4, -0.2) is 35.2 Å². The molecule has 1 aromatic rings. The highest BCUT2D eigenvalue weighted by Gasteiger charge is 2.18. The molecule has 0 saturated heterocycles. The van der Waals surface area contributed by atoms with Gasteiger partial charge in [0.05, 0.1) is 6.10 Å². The predicted octanol–water partition coefficient (Wildman–Crippen LogP) is 7.71. The Labute approximate surface area is 195 Å². The molecule has 4 nitrogen and oxygen atoms in total. The van der Waals surface area contributed by atoms with E-state index in [1.807, 2.05) is 0 Å². The zero-order valence-electron chi connectivity index (χ0n) is 19.7. The maximum Gasteiger partial charge on any atom is 0.694 e. The van der Waals surface area contributed by atoms with Crippen molar-refractivity contribution in [3.8, 4) is 0 Å². The Balaban J connectivity index is 2.21.